The molecule has 0 aliphatic heterocycles. The Morgan fingerprint density at radius 1 is 1.13 bits per heavy atom. The second-order valence-corrected chi connectivity index (χ2v) is 5.60. The van der Waals surface area contributed by atoms with Crippen LogP contribution in [0, 0.1) is 5.82 Å². The highest BCUT2D eigenvalue weighted by Gasteiger charge is 2.15. The number of aromatic nitrogens is 4. The fourth-order valence-corrected chi connectivity index (χ4v) is 2.47. The summed E-state index contributed by atoms with van der Waals surface area (Å²) in [7, 11) is 0. The number of anilines is 1. The molecule has 0 unspecified atom stereocenters. The molecule has 3 aromatic rings. The van der Waals surface area contributed by atoms with E-state index in [0.29, 0.717) is 22.7 Å². The highest BCUT2D eigenvalue weighted by atomic mass is 19.1. The van der Waals surface area contributed by atoms with Gasteiger partial charge in [0, 0.05) is 23.8 Å². The minimum absolute atomic E-state index is 0.195. The van der Waals surface area contributed by atoms with Gasteiger partial charge in [-0.3, -0.25) is 9.97 Å². The first kappa shape index (κ1) is 15.3. The van der Waals surface area contributed by atoms with E-state index in [-0.39, 0.29) is 6.04 Å². The molecular weight excluding hydrogens is 293 g/mol. The van der Waals surface area contributed by atoms with Crippen LogP contribution < -0.4 is 5.32 Å². The lowest BCUT2D eigenvalue weighted by molar-refractivity contribution is 0.623. The normalized spacial score (nSPS) is 11.2. The average molecular weight is 311 g/mol. The average Bonchev–Trinajstić information content (AvgIpc) is 2.54. The molecule has 118 valence electrons. The van der Waals surface area contributed by atoms with Gasteiger partial charge in [0.15, 0.2) is 11.6 Å². The maximum Gasteiger partial charge on any atom is 0.165 e. The van der Waals surface area contributed by atoms with E-state index in [0.717, 1.165) is 17.4 Å². The Kier molecular flexibility index (Phi) is 4.14. The van der Waals surface area contributed by atoms with Gasteiger partial charge in [0.2, 0.25) is 0 Å². The minimum atomic E-state index is -0.443. The third kappa shape index (κ3) is 2.97. The molecule has 0 aliphatic rings. The maximum atomic E-state index is 14.0. The molecule has 0 spiro atoms. The van der Waals surface area contributed by atoms with Gasteiger partial charge in [0.1, 0.15) is 5.82 Å². The van der Waals surface area contributed by atoms with Crippen molar-refractivity contribution in [2.75, 3.05) is 5.32 Å². The van der Waals surface area contributed by atoms with Gasteiger partial charge >= 0.3 is 0 Å². The van der Waals surface area contributed by atoms with E-state index >= 15 is 0 Å². The zero-order chi connectivity index (χ0) is 16.4. The first-order chi connectivity index (χ1) is 11.1. The van der Waals surface area contributed by atoms with Crippen molar-refractivity contribution in [2.45, 2.75) is 33.2 Å². The summed E-state index contributed by atoms with van der Waals surface area (Å²) in [5.41, 5.74) is 2.09. The van der Waals surface area contributed by atoms with Gasteiger partial charge in [0.25, 0.3) is 0 Å². The van der Waals surface area contributed by atoms with E-state index in [4.69, 9.17) is 0 Å². The highest BCUT2D eigenvalue weighted by molar-refractivity contribution is 5.93. The maximum absolute atomic E-state index is 14.0. The number of halogens is 1. The molecule has 0 radical (unpaired) electrons. The van der Waals surface area contributed by atoms with Crippen molar-refractivity contribution in [1.82, 2.24) is 19.9 Å². The Hall–Kier alpha value is -2.63. The Balaban J connectivity index is 2.28. The molecule has 0 fully saturated rings. The molecular formula is C17H18FN5. The third-order valence-electron chi connectivity index (χ3n) is 3.50. The standard InChI is InChI=1S/C17H18FN5/c1-4-11-7-20-9-14-15(11)17(21-10(2)3)23-16(22-14)12-5-6-19-8-13(12)18/h5-10H,4H2,1-3H3,(H,21,22,23). The summed E-state index contributed by atoms with van der Waals surface area (Å²) < 4.78 is 14.0. The zero-order valence-corrected chi connectivity index (χ0v) is 13.3. The summed E-state index contributed by atoms with van der Waals surface area (Å²) in [6.07, 6.45) is 7.03. The summed E-state index contributed by atoms with van der Waals surface area (Å²) in [4.78, 5) is 17.1. The Morgan fingerprint density at radius 2 is 1.96 bits per heavy atom. The summed E-state index contributed by atoms with van der Waals surface area (Å²) in [5.74, 6) is 0.591. The van der Waals surface area contributed by atoms with Crippen LogP contribution in [0.4, 0.5) is 10.2 Å². The van der Waals surface area contributed by atoms with E-state index in [9.17, 15) is 4.39 Å². The molecule has 3 aromatic heterocycles. The number of rotatable bonds is 4. The van der Waals surface area contributed by atoms with Gasteiger partial charge < -0.3 is 5.32 Å². The van der Waals surface area contributed by atoms with Gasteiger partial charge in [-0.1, -0.05) is 6.92 Å². The van der Waals surface area contributed by atoms with Crippen LogP contribution in [0.3, 0.4) is 0 Å². The van der Waals surface area contributed by atoms with Crippen LogP contribution in [0.15, 0.2) is 30.9 Å². The van der Waals surface area contributed by atoms with Crippen LogP contribution in [0.1, 0.15) is 26.3 Å². The van der Waals surface area contributed by atoms with E-state index < -0.39 is 5.82 Å². The lowest BCUT2D eigenvalue weighted by Crippen LogP contribution is -2.13. The monoisotopic (exact) mass is 311 g/mol. The molecule has 1 N–H and O–H groups in total. The molecule has 0 aliphatic carbocycles. The second kappa shape index (κ2) is 6.24. The molecule has 0 bridgehead atoms. The summed E-state index contributed by atoms with van der Waals surface area (Å²) in [6.45, 7) is 6.13. The fourth-order valence-electron chi connectivity index (χ4n) is 2.47. The largest absolute Gasteiger partial charge is 0.367 e. The van der Waals surface area contributed by atoms with E-state index in [1.54, 1.807) is 12.3 Å². The number of hydrogen-bond acceptors (Lipinski definition) is 5. The van der Waals surface area contributed by atoms with E-state index in [1.165, 1.54) is 12.4 Å². The van der Waals surface area contributed by atoms with Crippen molar-refractivity contribution in [3.05, 3.63) is 42.2 Å². The molecule has 0 saturated heterocycles. The number of aryl methyl sites for hydroxylation is 1. The Labute approximate surface area is 134 Å². The van der Waals surface area contributed by atoms with Crippen molar-refractivity contribution < 1.29 is 4.39 Å². The summed E-state index contributed by atoms with van der Waals surface area (Å²) in [5, 5.41) is 4.27. The summed E-state index contributed by atoms with van der Waals surface area (Å²) in [6, 6.07) is 1.77. The predicted octanol–water partition coefficient (Wildman–Crippen LogP) is 3.61. The van der Waals surface area contributed by atoms with Crippen molar-refractivity contribution >= 4 is 16.7 Å². The van der Waals surface area contributed by atoms with Crippen LogP contribution in [0.2, 0.25) is 0 Å². The van der Waals surface area contributed by atoms with Gasteiger partial charge in [0.05, 0.1) is 23.5 Å². The van der Waals surface area contributed by atoms with Gasteiger partial charge in [-0.05, 0) is 31.9 Å². The molecule has 3 heterocycles. The predicted molar refractivity (Wildman–Crippen MR) is 88.7 cm³/mol. The highest BCUT2D eigenvalue weighted by Crippen LogP contribution is 2.28. The van der Waals surface area contributed by atoms with Crippen molar-refractivity contribution in [3.8, 4) is 11.4 Å². The minimum Gasteiger partial charge on any atom is -0.367 e. The van der Waals surface area contributed by atoms with Crippen molar-refractivity contribution in [3.63, 3.8) is 0 Å². The molecule has 0 aromatic carbocycles. The number of hydrogen-bond donors (Lipinski definition) is 1. The van der Waals surface area contributed by atoms with Crippen LogP contribution in [0.25, 0.3) is 22.3 Å². The topological polar surface area (TPSA) is 63.6 Å². The van der Waals surface area contributed by atoms with Crippen LogP contribution in [0.5, 0.6) is 0 Å². The van der Waals surface area contributed by atoms with Crippen LogP contribution in [-0.4, -0.2) is 26.0 Å². The number of nitrogens with zero attached hydrogens (tertiary/aromatic N) is 4. The lowest BCUT2D eigenvalue weighted by Gasteiger charge is -2.15. The van der Waals surface area contributed by atoms with E-state index in [1.807, 2.05) is 20.0 Å². The Bertz CT molecular complexity index is 848. The van der Waals surface area contributed by atoms with Gasteiger partial charge in [-0.25, -0.2) is 14.4 Å². The molecule has 0 saturated carbocycles. The number of nitrogens with one attached hydrogen (secondary N) is 1. The van der Waals surface area contributed by atoms with E-state index in [2.05, 4.69) is 32.2 Å². The lowest BCUT2D eigenvalue weighted by atomic mass is 10.1. The quantitative estimate of drug-likeness (QED) is 0.797. The molecule has 5 nitrogen and oxygen atoms in total. The molecule has 3 rings (SSSR count). The summed E-state index contributed by atoms with van der Waals surface area (Å²) >= 11 is 0. The van der Waals surface area contributed by atoms with Crippen molar-refractivity contribution in [1.29, 1.82) is 0 Å². The molecule has 6 heteroatoms. The Morgan fingerprint density at radius 3 is 2.65 bits per heavy atom. The van der Waals surface area contributed by atoms with Gasteiger partial charge in [-0.15, -0.1) is 0 Å². The van der Waals surface area contributed by atoms with Crippen molar-refractivity contribution in [2.24, 2.45) is 0 Å². The van der Waals surface area contributed by atoms with Crippen LogP contribution >= 0.6 is 0 Å². The second-order valence-electron chi connectivity index (χ2n) is 5.60. The third-order valence-corrected chi connectivity index (χ3v) is 3.50. The molecule has 0 amide bonds. The first-order valence-corrected chi connectivity index (χ1v) is 7.61. The van der Waals surface area contributed by atoms with Gasteiger partial charge in [-0.2, -0.15) is 0 Å². The first-order valence-electron chi connectivity index (χ1n) is 7.61. The zero-order valence-electron chi connectivity index (χ0n) is 13.3. The number of pyridine rings is 2. The fraction of sp³-hybridized carbons (Fsp3) is 0.294. The smallest absolute Gasteiger partial charge is 0.165 e. The molecule has 0 atom stereocenters. The SMILES string of the molecule is CCc1cncc2nc(-c3ccncc3F)nc(NC(C)C)c12. The number of fused-ring (bicyclic) bond motifs is 1. The molecule has 23 heavy (non-hydrogen) atoms. The van der Waals surface area contributed by atoms with Crippen LogP contribution in [-0.2, 0) is 6.42 Å².